The van der Waals surface area contributed by atoms with E-state index in [1.165, 1.54) is 0 Å². The van der Waals surface area contributed by atoms with Crippen molar-refractivity contribution < 1.29 is 9.90 Å². The summed E-state index contributed by atoms with van der Waals surface area (Å²) < 4.78 is 4.13. The number of aryl methyl sites for hydroxylation is 2. The maximum Gasteiger partial charge on any atom is 0.337 e. The van der Waals surface area contributed by atoms with Gasteiger partial charge in [0.15, 0.2) is 0 Å². The number of unbranched alkanes of at least 4 members (excludes halogenated alkanes) is 1. The van der Waals surface area contributed by atoms with Crippen LogP contribution in [0.5, 0.6) is 0 Å². The minimum Gasteiger partial charge on any atom is -0.478 e. The lowest BCUT2D eigenvalue weighted by Crippen LogP contribution is -2.09. The van der Waals surface area contributed by atoms with Crippen molar-refractivity contribution in [3.05, 3.63) is 77.2 Å². The molecule has 0 saturated carbocycles. The second-order valence-corrected chi connectivity index (χ2v) is 8.29. The molecule has 0 aliphatic heterocycles. The van der Waals surface area contributed by atoms with E-state index in [1.807, 2.05) is 25.1 Å². The maximum atomic E-state index is 11.9. The molecule has 172 valence electrons. The predicted octanol–water partition coefficient (Wildman–Crippen LogP) is 4.40. The first kappa shape index (κ1) is 21.6. The van der Waals surface area contributed by atoms with Crippen LogP contribution in [0.15, 0.2) is 54.6 Å². The lowest BCUT2D eigenvalue weighted by Gasteiger charge is -2.13. The van der Waals surface area contributed by atoms with Crippen LogP contribution in [0.1, 0.15) is 47.2 Å². The first-order chi connectivity index (χ1) is 16.6. The van der Waals surface area contributed by atoms with Gasteiger partial charge in [-0.05, 0) is 60.5 Å². The Kier molecular flexibility index (Phi) is 5.67. The summed E-state index contributed by atoms with van der Waals surface area (Å²) in [6, 6.07) is 17.5. The highest BCUT2D eigenvalue weighted by atomic mass is 16.4. The molecule has 2 N–H and O–H groups in total. The van der Waals surface area contributed by atoms with E-state index in [-0.39, 0.29) is 5.56 Å². The van der Waals surface area contributed by atoms with Crippen LogP contribution in [0.4, 0.5) is 0 Å². The smallest absolute Gasteiger partial charge is 0.337 e. The number of nitrogens with one attached hydrogen (secondary N) is 1. The number of fused-ring (bicyclic) bond motifs is 1. The number of tetrazole rings is 1. The van der Waals surface area contributed by atoms with Gasteiger partial charge in [0, 0.05) is 24.3 Å². The maximum absolute atomic E-state index is 11.9. The topological polar surface area (TPSA) is 115 Å². The molecule has 3 heterocycles. The Hall–Kier alpha value is -4.27. The van der Waals surface area contributed by atoms with Gasteiger partial charge in [-0.25, -0.2) is 9.78 Å². The molecule has 9 nitrogen and oxygen atoms in total. The van der Waals surface area contributed by atoms with E-state index in [0.29, 0.717) is 17.9 Å². The number of hydrogen-bond acceptors (Lipinski definition) is 5. The van der Waals surface area contributed by atoms with E-state index in [1.54, 1.807) is 12.1 Å². The van der Waals surface area contributed by atoms with Crippen molar-refractivity contribution >= 4 is 17.0 Å². The van der Waals surface area contributed by atoms with Gasteiger partial charge in [-0.3, -0.25) is 0 Å². The van der Waals surface area contributed by atoms with Crippen molar-refractivity contribution in [2.45, 2.75) is 39.7 Å². The van der Waals surface area contributed by atoms with E-state index in [4.69, 9.17) is 4.98 Å². The summed E-state index contributed by atoms with van der Waals surface area (Å²) in [4.78, 5) is 16.7. The number of carboxylic acids is 1. The van der Waals surface area contributed by atoms with Gasteiger partial charge in [0.05, 0.1) is 22.3 Å². The van der Waals surface area contributed by atoms with Gasteiger partial charge >= 0.3 is 5.97 Å². The largest absolute Gasteiger partial charge is 0.478 e. The summed E-state index contributed by atoms with van der Waals surface area (Å²) in [7, 11) is 0. The SMILES string of the molecule is CCCCc1nc2cccc(C(=O)O)c2n1Cc1ccc(-n2c(C)ccc2-c2nn[nH]n2)cc1. The highest BCUT2D eigenvalue weighted by Crippen LogP contribution is 2.26. The first-order valence-electron chi connectivity index (χ1n) is 11.3. The highest BCUT2D eigenvalue weighted by Gasteiger charge is 2.18. The zero-order valence-electron chi connectivity index (χ0n) is 19.1. The second kappa shape index (κ2) is 8.93. The van der Waals surface area contributed by atoms with E-state index in [2.05, 4.69) is 60.9 Å². The highest BCUT2D eigenvalue weighted by molar-refractivity contribution is 6.01. The molecule has 0 bridgehead atoms. The molecule has 3 aromatic heterocycles. The predicted molar refractivity (Wildman–Crippen MR) is 128 cm³/mol. The van der Waals surface area contributed by atoms with Crippen LogP contribution in [0.2, 0.25) is 0 Å². The number of benzene rings is 2. The summed E-state index contributed by atoms with van der Waals surface area (Å²) in [5.74, 6) is 0.500. The summed E-state index contributed by atoms with van der Waals surface area (Å²) in [6.07, 6.45) is 2.85. The third-order valence-electron chi connectivity index (χ3n) is 6.02. The van der Waals surface area contributed by atoms with Crippen molar-refractivity contribution in [3.63, 3.8) is 0 Å². The molecule has 0 atom stereocenters. The molecule has 0 saturated heterocycles. The molecule has 0 spiro atoms. The molecule has 2 aromatic carbocycles. The van der Waals surface area contributed by atoms with Crippen LogP contribution in [-0.4, -0.2) is 45.8 Å². The molecule has 5 rings (SSSR count). The third kappa shape index (κ3) is 3.85. The molecule has 0 aliphatic rings. The number of carboxylic acid groups (broad SMARTS) is 1. The molecule has 0 unspecified atom stereocenters. The Bertz CT molecular complexity index is 1450. The Morgan fingerprint density at radius 2 is 1.91 bits per heavy atom. The Labute approximate surface area is 196 Å². The molecule has 0 fully saturated rings. The van der Waals surface area contributed by atoms with E-state index in [9.17, 15) is 9.90 Å². The van der Waals surface area contributed by atoms with Gasteiger partial charge in [-0.2, -0.15) is 5.21 Å². The average Bonchev–Trinajstić information content (AvgIpc) is 3.57. The lowest BCUT2D eigenvalue weighted by molar-refractivity contribution is 0.0698. The van der Waals surface area contributed by atoms with Gasteiger partial charge in [-0.1, -0.05) is 31.5 Å². The van der Waals surface area contributed by atoms with Crippen LogP contribution in [-0.2, 0) is 13.0 Å². The van der Waals surface area contributed by atoms with Gasteiger partial charge in [0.1, 0.15) is 5.82 Å². The molecule has 0 radical (unpaired) electrons. The number of carbonyl (C=O) groups is 1. The normalized spacial score (nSPS) is 11.4. The van der Waals surface area contributed by atoms with Crippen molar-refractivity contribution in [3.8, 4) is 17.2 Å². The van der Waals surface area contributed by atoms with Crippen molar-refractivity contribution in [1.82, 2.24) is 34.7 Å². The number of para-hydroxylation sites is 1. The number of aromatic nitrogens is 7. The van der Waals surface area contributed by atoms with Crippen LogP contribution in [0.3, 0.4) is 0 Å². The van der Waals surface area contributed by atoms with E-state index < -0.39 is 5.97 Å². The van der Waals surface area contributed by atoms with E-state index >= 15 is 0 Å². The molecule has 0 amide bonds. The van der Waals surface area contributed by atoms with Crippen molar-refractivity contribution in [2.75, 3.05) is 0 Å². The number of imidazole rings is 1. The molecular weight excluding hydrogens is 430 g/mol. The zero-order valence-corrected chi connectivity index (χ0v) is 19.1. The van der Waals surface area contributed by atoms with Gasteiger partial charge < -0.3 is 14.2 Å². The molecule has 34 heavy (non-hydrogen) atoms. The Morgan fingerprint density at radius 1 is 1.09 bits per heavy atom. The molecule has 0 aliphatic carbocycles. The number of rotatable bonds is 8. The third-order valence-corrected chi connectivity index (χ3v) is 6.02. The fourth-order valence-corrected chi connectivity index (χ4v) is 4.36. The van der Waals surface area contributed by atoms with Crippen LogP contribution in [0.25, 0.3) is 28.2 Å². The van der Waals surface area contributed by atoms with Crippen molar-refractivity contribution in [1.29, 1.82) is 0 Å². The minimum absolute atomic E-state index is 0.275. The molecule has 9 heteroatoms. The fourth-order valence-electron chi connectivity index (χ4n) is 4.36. The van der Waals surface area contributed by atoms with Gasteiger partial charge in [0.2, 0.25) is 5.82 Å². The van der Waals surface area contributed by atoms with E-state index in [0.717, 1.165) is 53.2 Å². The summed E-state index contributed by atoms with van der Waals surface area (Å²) in [5.41, 5.74) is 5.62. The lowest BCUT2D eigenvalue weighted by atomic mass is 10.1. The Balaban J connectivity index is 1.52. The van der Waals surface area contributed by atoms with Crippen LogP contribution < -0.4 is 0 Å². The quantitative estimate of drug-likeness (QED) is 0.358. The monoisotopic (exact) mass is 455 g/mol. The second-order valence-electron chi connectivity index (χ2n) is 8.29. The number of aromatic carboxylic acids is 1. The molecular formula is C25H25N7O2. The number of hydrogen-bond donors (Lipinski definition) is 2. The molecule has 5 aromatic rings. The number of aromatic amines is 1. The zero-order chi connectivity index (χ0) is 23.7. The summed E-state index contributed by atoms with van der Waals surface area (Å²) >= 11 is 0. The Morgan fingerprint density at radius 3 is 2.62 bits per heavy atom. The van der Waals surface area contributed by atoms with Gasteiger partial charge in [-0.15, -0.1) is 10.2 Å². The van der Waals surface area contributed by atoms with Crippen molar-refractivity contribution in [2.24, 2.45) is 0 Å². The number of H-pyrrole nitrogens is 1. The summed E-state index contributed by atoms with van der Waals surface area (Å²) in [5, 5.41) is 24.2. The van der Waals surface area contributed by atoms with Crippen LogP contribution in [0, 0.1) is 6.92 Å². The fraction of sp³-hybridized carbons (Fsp3) is 0.240. The minimum atomic E-state index is -0.943. The first-order valence-corrected chi connectivity index (χ1v) is 11.3. The van der Waals surface area contributed by atoms with Crippen LogP contribution >= 0.6 is 0 Å². The number of nitrogens with zero attached hydrogens (tertiary/aromatic N) is 6. The van der Waals surface area contributed by atoms with Gasteiger partial charge in [0.25, 0.3) is 0 Å². The average molecular weight is 456 g/mol. The summed E-state index contributed by atoms with van der Waals surface area (Å²) in [6.45, 7) is 4.71. The standard InChI is InChI=1S/C25H25N7O2/c1-3-4-8-22-26-20-7-5-6-19(25(33)34)23(20)31(22)15-17-10-12-18(13-11-17)32-16(2)9-14-21(32)24-27-29-30-28-24/h5-7,9-14H,3-4,8,15H2,1-2H3,(H,33,34)(H,27,28,29,30).